The van der Waals surface area contributed by atoms with Crippen LogP contribution in [0, 0.1) is 0 Å². The molecule has 94 valence electrons. The van der Waals surface area contributed by atoms with E-state index in [4.69, 9.17) is 0 Å². The first kappa shape index (κ1) is 11.2. The van der Waals surface area contributed by atoms with E-state index in [0.29, 0.717) is 0 Å². The molecule has 2 heterocycles. The van der Waals surface area contributed by atoms with Crippen molar-refractivity contribution in [3.63, 3.8) is 0 Å². The highest BCUT2D eigenvalue weighted by Gasteiger charge is 2.16. The Bertz CT molecular complexity index is 546. The van der Waals surface area contributed by atoms with Gasteiger partial charge in [0.15, 0.2) is 0 Å². The molecule has 1 aliphatic rings. The molecule has 0 fully saturated rings. The van der Waals surface area contributed by atoms with Crippen LogP contribution in [0.2, 0.25) is 0 Å². The van der Waals surface area contributed by atoms with Crippen LogP contribution in [0.4, 0.5) is 5.82 Å². The smallest absolute Gasteiger partial charge is 0.143 e. The summed E-state index contributed by atoms with van der Waals surface area (Å²) in [6.45, 7) is 2.92. The average Bonchev–Trinajstić information content (AvgIpc) is 2.83. The van der Waals surface area contributed by atoms with E-state index in [9.17, 15) is 0 Å². The molecule has 0 unspecified atom stereocenters. The third-order valence-corrected chi connectivity index (χ3v) is 3.29. The highest BCUT2D eigenvalue weighted by Crippen LogP contribution is 2.22. The van der Waals surface area contributed by atoms with Crippen LogP contribution in [0.15, 0.2) is 18.7 Å². The summed E-state index contributed by atoms with van der Waals surface area (Å²) in [6.07, 6.45) is 8.15. The van der Waals surface area contributed by atoms with E-state index in [0.717, 1.165) is 31.0 Å². The third-order valence-electron chi connectivity index (χ3n) is 3.29. The molecule has 2 aromatic rings. The summed E-state index contributed by atoms with van der Waals surface area (Å²) in [5, 5.41) is 3.21. The summed E-state index contributed by atoms with van der Waals surface area (Å²) in [5.41, 5.74) is 2.53. The van der Waals surface area contributed by atoms with E-state index >= 15 is 0 Å². The molecule has 18 heavy (non-hydrogen) atoms. The van der Waals surface area contributed by atoms with Crippen LogP contribution in [-0.2, 0) is 12.8 Å². The maximum absolute atomic E-state index is 4.49. The van der Waals surface area contributed by atoms with E-state index in [2.05, 4.69) is 31.8 Å². The molecule has 0 radical (unpaired) electrons. The molecular weight excluding hydrogens is 226 g/mol. The van der Waals surface area contributed by atoms with Gasteiger partial charge in [-0.05, 0) is 32.6 Å². The van der Waals surface area contributed by atoms with Crippen molar-refractivity contribution < 1.29 is 0 Å². The van der Waals surface area contributed by atoms with E-state index in [1.807, 2.05) is 12.4 Å². The predicted octanol–water partition coefficient (Wildman–Crippen LogP) is 1.97. The average molecular weight is 243 g/mol. The topological polar surface area (TPSA) is 55.6 Å². The van der Waals surface area contributed by atoms with Crippen LogP contribution in [0.5, 0.6) is 0 Å². The number of fused-ring (bicyclic) bond motifs is 1. The number of rotatable bonds is 3. The van der Waals surface area contributed by atoms with Crippen molar-refractivity contribution in [2.45, 2.75) is 32.6 Å². The summed E-state index contributed by atoms with van der Waals surface area (Å²) in [4.78, 5) is 13.0. The lowest BCUT2D eigenvalue weighted by atomic mass is 10.0. The summed E-state index contributed by atoms with van der Waals surface area (Å²) in [5.74, 6) is 1.76. The Labute approximate surface area is 106 Å². The number of nitrogens with zero attached hydrogens (tertiary/aromatic N) is 4. The van der Waals surface area contributed by atoms with Crippen molar-refractivity contribution in [3.05, 3.63) is 30.1 Å². The van der Waals surface area contributed by atoms with Crippen LogP contribution in [0.25, 0.3) is 5.82 Å². The normalized spacial score (nSPS) is 14.3. The summed E-state index contributed by atoms with van der Waals surface area (Å²) < 4.78 is 2.09. The van der Waals surface area contributed by atoms with Gasteiger partial charge in [-0.25, -0.2) is 15.0 Å². The second kappa shape index (κ2) is 4.76. The van der Waals surface area contributed by atoms with E-state index in [-0.39, 0.29) is 0 Å². The van der Waals surface area contributed by atoms with Gasteiger partial charge in [-0.2, -0.15) is 0 Å². The molecule has 0 amide bonds. The first-order chi connectivity index (χ1) is 8.88. The molecule has 0 saturated heterocycles. The van der Waals surface area contributed by atoms with Crippen LogP contribution >= 0.6 is 0 Å². The van der Waals surface area contributed by atoms with Gasteiger partial charge in [0, 0.05) is 18.3 Å². The fourth-order valence-electron chi connectivity index (χ4n) is 2.42. The Morgan fingerprint density at radius 1 is 1.22 bits per heavy atom. The fourth-order valence-corrected chi connectivity index (χ4v) is 2.42. The molecule has 0 atom stereocenters. The first-order valence-corrected chi connectivity index (χ1v) is 6.50. The molecular formula is C13H17N5. The molecule has 0 spiro atoms. The van der Waals surface area contributed by atoms with Gasteiger partial charge in [-0.3, -0.25) is 4.57 Å². The van der Waals surface area contributed by atoms with Gasteiger partial charge < -0.3 is 5.32 Å². The van der Waals surface area contributed by atoms with Crippen molar-refractivity contribution in [1.29, 1.82) is 0 Å². The minimum atomic E-state index is 0.860. The summed E-state index contributed by atoms with van der Waals surface area (Å²) in [6, 6.07) is 1.97. The van der Waals surface area contributed by atoms with E-state index in [1.54, 1.807) is 6.33 Å². The molecule has 1 aliphatic carbocycles. The van der Waals surface area contributed by atoms with Crippen molar-refractivity contribution in [2.24, 2.45) is 0 Å². The lowest BCUT2D eigenvalue weighted by Gasteiger charge is -2.13. The fraction of sp³-hybridized carbons (Fsp3) is 0.462. The number of anilines is 1. The highest BCUT2D eigenvalue weighted by molar-refractivity contribution is 5.41. The second-order valence-corrected chi connectivity index (χ2v) is 4.51. The zero-order valence-electron chi connectivity index (χ0n) is 10.6. The lowest BCUT2D eigenvalue weighted by Crippen LogP contribution is -2.09. The highest BCUT2D eigenvalue weighted by atomic mass is 15.1. The zero-order chi connectivity index (χ0) is 12.4. The molecule has 1 N–H and O–H groups in total. The van der Waals surface area contributed by atoms with E-state index in [1.165, 1.54) is 24.2 Å². The monoisotopic (exact) mass is 243 g/mol. The Morgan fingerprint density at radius 3 is 3.00 bits per heavy atom. The number of aromatic nitrogens is 4. The Morgan fingerprint density at radius 2 is 2.11 bits per heavy atom. The molecule has 3 rings (SSSR count). The number of hydrogen-bond acceptors (Lipinski definition) is 4. The molecule has 2 aromatic heterocycles. The van der Waals surface area contributed by atoms with Gasteiger partial charge in [0.25, 0.3) is 0 Å². The Balaban J connectivity index is 1.99. The number of nitrogens with one attached hydrogen (secondary N) is 1. The van der Waals surface area contributed by atoms with Gasteiger partial charge >= 0.3 is 0 Å². The molecule has 5 nitrogen and oxygen atoms in total. The number of hydrogen-bond donors (Lipinski definition) is 1. The number of imidazole rings is 1. The van der Waals surface area contributed by atoms with Gasteiger partial charge in [0.05, 0.1) is 5.69 Å². The molecule has 0 bridgehead atoms. The summed E-state index contributed by atoms with van der Waals surface area (Å²) >= 11 is 0. The van der Waals surface area contributed by atoms with Crippen LogP contribution in [0.3, 0.4) is 0 Å². The minimum Gasteiger partial charge on any atom is -0.370 e. The largest absolute Gasteiger partial charge is 0.370 e. The van der Waals surface area contributed by atoms with Crippen molar-refractivity contribution in [1.82, 2.24) is 19.5 Å². The van der Waals surface area contributed by atoms with Gasteiger partial charge in [-0.15, -0.1) is 0 Å². The maximum Gasteiger partial charge on any atom is 0.143 e. The zero-order valence-corrected chi connectivity index (χ0v) is 10.6. The maximum atomic E-state index is 4.49. The standard InChI is InChI=1S/C13H17N5/c1-2-14-12-7-13(16-8-15-12)18-9-17-10-5-3-4-6-11(10)18/h7-9H,2-6H2,1H3,(H,14,15,16). The minimum absolute atomic E-state index is 0.860. The van der Waals surface area contributed by atoms with Crippen LogP contribution in [-0.4, -0.2) is 26.1 Å². The summed E-state index contributed by atoms with van der Waals surface area (Å²) in [7, 11) is 0. The van der Waals surface area contributed by atoms with Crippen LogP contribution in [0.1, 0.15) is 31.2 Å². The van der Waals surface area contributed by atoms with Crippen molar-refractivity contribution in [2.75, 3.05) is 11.9 Å². The molecule has 0 aromatic carbocycles. The predicted molar refractivity (Wildman–Crippen MR) is 70.0 cm³/mol. The third kappa shape index (κ3) is 1.96. The van der Waals surface area contributed by atoms with Crippen molar-refractivity contribution in [3.8, 4) is 5.82 Å². The Hall–Kier alpha value is -1.91. The first-order valence-electron chi connectivity index (χ1n) is 6.50. The van der Waals surface area contributed by atoms with Crippen molar-refractivity contribution >= 4 is 5.82 Å². The SMILES string of the molecule is CCNc1cc(-n2cnc3c2CCCC3)ncn1. The number of aryl methyl sites for hydroxylation is 1. The van der Waals surface area contributed by atoms with Gasteiger partial charge in [0.2, 0.25) is 0 Å². The quantitative estimate of drug-likeness (QED) is 0.895. The van der Waals surface area contributed by atoms with Gasteiger partial charge in [0.1, 0.15) is 24.3 Å². The van der Waals surface area contributed by atoms with E-state index < -0.39 is 0 Å². The second-order valence-electron chi connectivity index (χ2n) is 4.51. The van der Waals surface area contributed by atoms with Crippen LogP contribution < -0.4 is 5.32 Å². The molecule has 5 heteroatoms. The lowest BCUT2D eigenvalue weighted by molar-refractivity contribution is 0.654. The van der Waals surface area contributed by atoms with Gasteiger partial charge in [-0.1, -0.05) is 0 Å². The molecule has 0 saturated carbocycles. The Kier molecular flexibility index (Phi) is 2.96. The molecule has 0 aliphatic heterocycles.